The van der Waals surface area contributed by atoms with E-state index in [2.05, 4.69) is 19.9 Å². The molecule has 1 aliphatic rings. The number of methoxy groups -OCH3 is 1. The van der Waals surface area contributed by atoms with E-state index in [1.165, 1.54) is 13.4 Å². The number of ether oxygens (including phenoxy) is 1. The molecule has 0 radical (unpaired) electrons. The molecule has 0 bridgehead atoms. The summed E-state index contributed by atoms with van der Waals surface area (Å²) in [6.45, 7) is 1.28. The van der Waals surface area contributed by atoms with E-state index in [-0.39, 0.29) is 29.5 Å². The van der Waals surface area contributed by atoms with Crippen molar-refractivity contribution in [2.24, 2.45) is 12.8 Å². The Bertz CT molecular complexity index is 1770. The van der Waals surface area contributed by atoms with E-state index >= 15 is 4.39 Å². The summed E-state index contributed by atoms with van der Waals surface area (Å²) in [7, 11) is 3.04. The highest BCUT2D eigenvalue weighted by molar-refractivity contribution is 6.29. The summed E-state index contributed by atoms with van der Waals surface area (Å²) >= 11 is 6.19. The maximum Gasteiger partial charge on any atom is 0.165 e. The molecular weight excluding hydrogens is 554 g/mol. The number of halogens is 3. The topological polar surface area (TPSA) is 139 Å². The number of imidazole rings is 2. The second kappa shape index (κ2) is 10.2. The van der Waals surface area contributed by atoms with Crippen LogP contribution in [0.5, 0.6) is 5.75 Å². The zero-order valence-electron chi connectivity index (χ0n) is 22.4. The highest BCUT2D eigenvalue weighted by atomic mass is 35.5. The van der Waals surface area contributed by atoms with Gasteiger partial charge in [0.25, 0.3) is 0 Å². The van der Waals surface area contributed by atoms with Crippen LogP contribution in [0.3, 0.4) is 0 Å². The molecule has 1 atom stereocenters. The van der Waals surface area contributed by atoms with Gasteiger partial charge in [-0.3, -0.25) is 0 Å². The molecule has 0 saturated carbocycles. The van der Waals surface area contributed by atoms with Crippen molar-refractivity contribution in [2.45, 2.75) is 24.9 Å². The van der Waals surface area contributed by atoms with Crippen LogP contribution < -0.4 is 21.1 Å². The average molecular weight is 581 g/mol. The summed E-state index contributed by atoms with van der Waals surface area (Å²) in [6.07, 6.45) is 4.41. The van der Waals surface area contributed by atoms with E-state index in [9.17, 15) is 4.39 Å². The first kappa shape index (κ1) is 26.8. The fourth-order valence-electron chi connectivity index (χ4n) is 5.38. The predicted octanol–water partition coefficient (Wildman–Crippen LogP) is 3.65. The third-order valence-corrected chi connectivity index (χ3v) is 7.68. The zero-order valence-corrected chi connectivity index (χ0v) is 23.1. The largest absolute Gasteiger partial charge is 0.494 e. The van der Waals surface area contributed by atoms with Crippen molar-refractivity contribution in [3.63, 3.8) is 0 Å². The molecule has 41 heavy (non-hydrogen) atoms. The molecule has 1 saturated heterocycles. The lowest BCUT2D eigenvalue weighted by Gasteiger charge is -2.40. The molecule has 0 amide bonds. The van der Waals surface area contributed by atoms with Crippen molar-refractivity contribution in [3.05, 3.63) is 71.2 Å². The number of hydrogen-bond donors (Lipinski definition) is 2. The van der Waals surface area contributed by atoms with Crippen LogP contribution >= 0.6 is 11.6 Å². The number of hydrogen-bond acceptors (Lipinski definition) is 9. The summed E-state index contributed by atoms with van der Waals surface area (Å²) < 4.78 is 38.5. The molecule has 14 heteroatoms. The van der Waals surface area contributed by atoms with Crippen molar-refractivity contribution in [1.29, 1.82) is 0 Å². The number of piperidine rings is 1. The van der Waals surface area contributed by atoms with Gasteiger partial charge in [-0.2, -0.15) is 0 Å². The molecular formula is C27H27ClF2N10O. The molecule has 0 aliphatic carbocycles. The molecule has 212 valence electrons. The van der Waals surface area contributed by atoms with E-state index in [4.69, 9.17) is 32.8 Å². The van der Waals surface area contributed by atoms with Gasteiger partial charge in [0, 0.05) is 26.2 Å². The van der Waals surface area contributed by atoms with Gasteiger partial charge in [0.15, 0.2) is 28.8 Å². The number of nitrogens with two attached hydrogens (primary N) is 2. The van der Waals surface area contributed by atoms with Crippen LogP contribution in [-0.2, 0) is 19.1 Å². The van der Waals surface area contributed by atoms with Gasteiger partial charge < -0.3 is 30.2 Å². The van der Waals surface area contributed by atoms with Gasteiger partial charge in [0.2, 0.25) is 0 Å². The van der Waals surface area contributed by atoms with Crippen molar-refractivity contribution >= 4 is 34.4 Å². The van der Waals surface area contributed by atoms with Gasteiger partial charge in [0.05, 0.1) is 42.5 Å². The number of benzene rings is 1. The standard InChI is InChI=1S/C27H27ClF2N10O/c1-38-18(11-40-14-35-22-23(31)33-13-34-26(22)40)25(37-24(38)15-9-17(30)19(41-2)10-16(15)29)39-8-4-7-27(32,12-39)20-5-3-6-21(28)36-20/h3,5-6,9-10,13-14H,4,7-8,11-12,32H2,1-2H3,(H2,31,33,34)/t27-/m1/s1. The maximum atomic E-state index is 15.3. The Morgan fingerprint density at radius 3 is 2.73 bits per heavy atom. The van der Waals surface area contributed by atoms with E-state index in [1.807, 2.05) is 17.0 Å². The van der Waals surface area contributed by atoms with Gasteiger partial charge in [-0.15, -0.1) is 0 Å². The second-order valence-corrected chi connectivity index (χ2v) is 10.4. The minimum atomic E-state index is -0.807. The Hall–Kier alpha value is -4.36. The Labute approximate surface area is 238 Å². The molecule has 1 fully saturated rings. The molecule has 4 N–H and O–H groups in total. The van der Waals surface area contributed by atoms with E-state index in [1.54, 1.807) is 28.6 Å². The molecule has 1 aromatic carbocycles. The summed E-state index contributed by atoms with van der Waals surface area (Å²) in [5.41, 5.74) is 14.5. The minimum absolute atomic E-state index is 0.00659. The molecule has 6 rings (SSSR count). The van der Waals surface area contributed by atoms with Gasteiger partial charge in [-0.05, 0) is 31.0 Å². The highest BCUT2D eigenvalue weighted by Crippen LogP contribution is 2.36. The first-order chi connectivity index (χ1) is 19.7. The van der Waals surface area contributed by atoms with Gasteiger partial charge in [0.1, 0.15) is 28.6 Å². The third-order valence-electron chi connectivity index (χ3n) is 7.47. The lowest BCUT2D eigenvalue weighted by atomic mass is 9.86. The Balaban J connectivity index is 1.48. The van der Waals surface area contributed by atoms with Crippen LogP contribution in [0.25, 0.3) is 22.6 Å². The third kappa shape index (κ3) is 4.70. The number of rotatable bonds is 6. The summed E-state index contributed by atoms with van der Waals surface area (Å²) in [4.78, 5) is 24.1. The zero-order chi connectivity index (χ0) is 28.9. The average Bonchev–Trinajstić information content (AvgIpc) is 3.52. The summed E-state index contributed by atoms with van der Waals surface area (Å²) in [5, 5.41) is 0.357. The van der Waals surface area contributed by atoms with Crippen LogP contribution in [-0.4, -0.2) is 54.3 Å². The van der Waals surface area contributed by atoms with Crippen LogP contribution in [0.1, 0.15) is 24.2 Å². The number of nitrogen functional groups attached to an aromatic ring is 1. The maximum absolute atomic E-state index is 15.3. The van der Waals surface area contributed by atoms with E-state index in [0.717, 1.165) is 18.6 Å². The second-order valence-electron chi connectivity index (χ2n) is 10.1. The molecule has 0 unspecified atom stereocenters. The van der Waals surface area contributed by atoms with Crippen molar-refractivity contribution in [2.75, 3.05) is 30.8 Å². The molecule has 11 nitrogen and oxygen atoms in total. The molecule has 5 aromatic rings. The lowest BCUT2D eigenvalue weighted by molar-refractivity contribution is 0.344. The highest BCUT2D eigenvalue weighted by Gasteiger charge is 2.37. The molecule has 5 heterocycles. The first-order valence-electron chi connectivity index (χ1n) is 12.9. The number of aromatic nitrogens is 7. The van der Waals surface area contributed by atoms with Crippen LogP contribution in [0, 0.1) is 11.6 Å². The van der Waals surface area contributed by atoms with Gasteiger partial charge in [-0.25, -0.2) is 33.7 Å². The Morgan fingerprint density at radius 1 is 1.12 bits per heavy atom. The SMILES string of the molecule is COc1cc(F)c(-c2nc(N3CCC[C@](N)(c4cccc(Cl)n4)C3)c(Cn3cnc4c(N)ncnc43)n2C)cc1F. The van der Waals surface area contributed by atoms with Crippen LogP contribution in [0.15, 0.2) is 43.0 Å². The van der Waals surface area contributed by atoms with Crippen molar-refractivity contribution in [1.82, 2.24) is 34.1 Å². The smallest absolute Gasteiger partial charge is 0.165 e. The lowest BCUT2D eigenvalue weighted by Crippen LogP contribution is -2.52. The van der Waals surface area contributed by atoms with Gasteiger partial charge >= 0.3 is 0 Å². The molecule has 0 spiro atoms. The van der Waals surface area contributed by atoms with Crippen molar-refractivity contribution < 1.29 is 13.5 Å². The van der Waals surface area contributed by atoms with E-state index < -0.39 is 17.2 Å². The fraction of sp³-hybridized carbons (Fsp3) is 0.296. The molecule has 1 aliphatic heterocycles. The first-order valence-corrected chi connectivity index (χ1v) is 13.2. The van der Waals surface area contributed by atoms with Crippen LogP contribution in [0.4, 0.5) is 20.4 Å². The van der Waals surface area contributed by atoms with Crippen LogP contribution in [0.2, 0.25) is 5.15 Å². The summed E-state index contributed by atoms with van der Waals surface area (Å²) in [5.74, 6) is -0.499. The van der Waals surface area contributed by atoms with E-state index in [0.29, 0.717) is 53.0 Å². The normalized spacial score (nSPS) is 17.4. The number of pyridine rings is 1. The molecule has 4 aromatic heterocycles. The number of nitrogens with zero attached hydrogens (tertiary/aromatic N) is 8. The predicted molar refractivity (Wildman–Crippen MR) is 151 cm³/mol. The number of anilines is 2. The minimum Gasteiger partial charge on any atom is -0.494 e. The Kier molecular flexibility index (Phi) is 6.70. The van der Waals surface area contributed by atoms with Crippen molar-refractivity contribution in [3.8, 4) is 17.1 Å². The number of fused-ring (bicyclic) bond motifs is 1. The van der Waals surface area contributed by atoms with Gasteiger partial charge in [-0.1, -0.05) is 17.7 Å². The quantitative estimate of drug-likeness (QED) is 0.288. The summed E-state index contributed by atoms with van der Waals surface area (Å²) in [6, 6.07) is 7.48. The monoisotopic (exact) mass is 580 g/mol. The Morgan fingerprint density at radius 2 is 1.95 bits per heavy atom. The fourth-order valence-corrected chi connectivity index (χ4v) is 5.54.